The number of aromatic nitrogens is 3. The van der Waals surface area contributed by atoms with Crippen LogP contribution >= 0.6 is 0 Å². The summed E-state index contributed by atoms with van der Waals surface area (Å²) < 4.78 is 26.4. The third-order valence-corrected chi connectivity index (χ3v) is 3.16. The molecule has 6 heteroatoms. The topological polar surface area (TPSA) is 67.6 Å². The Morgan fingerprint density at radius 3 is 2.38 bits per heavy atom. The molecule has 3 N–H and O–H groups in total. The lowest BCUT2D eigenvalue weighted by atomic mass is 10.1. The van der Waals surface area contributed by atoms with E-state index in [1.807, 2.05) is 19.1 Å². The number of aromatic amines is 1. The fourth-order valence-corrected chi connectivity index (χ4v) is 1.99. The number of rotatable bonds is 2. The van der Waals surface area contributed by atoms with Gasteiger partial charge in [-0.05, 0) is 30.7 Å². The molecule has 0 fully saturated rings. The summed E-state index contributed by atoms with van der Waals surface area (Å²) in [5.41, 5.74) is 8.49. The van der Waals surface area contributed by atoms with E-state index >= 15 is 0 Å². The second-order valence-electron chi connectivity index (χ2n) is 4.74. The zero-order valence-electron chi connectivity index (χ0n) is 11.2. The first-order valence-corrected chi connectivity index (χ1v) is 6.28. The Balaban J connectivity index is 2.01. The Morgan fingerprint density at radius 2 is 1.71 bits per heavy atom. The molecule has 0 aliphatic heterocycles. The van der Waals surface area contributed by atoms with Gasteiger partial charge < -0.3 is 5.73 Å². The van der Waals surface area contributed by atoms with Crippen LogP contribution in [0.3, 0.4) is 0 Å². The average Bonchev–Trinajstić information content (AvgIpc) is 2.90. The van der Waals surface area contributed by atoms with E-state index in [1.54, 1.807) is 6.07 Å². The van der Waals surface area contributed by atoms with E-state index < -0.39 is 11.6 Å². The molecule has 0 radical (unpaired) electrons. The molecule has 3 rings (SSSR count). The number of anilines is 1. The molecule has 0 bridgehead atoms. The molecule has 0 aliphatic rings. The van der Waals surface area contributed by atoms with Crippen molar-refractivity contribution in [3.05, 3.63) is 53.6 Å². The Morgan fingerprint density at radius 1 is 1.00 bits per heavy atom. The van der Waals surface area contributed by atoms with Crippen molar-refractivity contribution >= 4 is 5.69 Å². The highest BCUT2D eigenvalue weighted by atomic mass is 19.1. The summed E-state index contributed by atoms with van der Waals surface area (Å²) >= 11 is 0. The van der Waals surface area contributed by atoms with Crippen LogP contribution in [0.2, 0.25) is 0 Å². The third kappa shape index (κ3) is 2.60. The Bertz CT molecular complexity index is 791. The molecule has 0 saturated carbocycles. The SMILES string of the molecule is Cc1ccc(-c2nc(-c3cc(F)cc(F)c3)n[nH]2)cc1N. The number of benzene rings is 2. The second kappa shape index (κ2) is 4.97. The first-order valence-electron chi connectivity index (χ1n) is 6.28. The molecule has 0 unspecified atom stereocenters. The van der Waals surface area contributed by atoms with Crippen LogP contribution in [0.25, 0.3) is 22.8 Å². The maximum absolute atomic E-state index is 13.2. The first kappa shape index (κ1) is 13.2. The molecule has 3 aromatic rings. The summed E-state index contributed by atoms with van der Waals surface area (Å²) in [6.07, 6.45) is 0. The zero-order chi connectivity index (χ0) is 15.0. The standard InChI is InChI=1S/C15H12F2N4/c1-8-2-3-9(6-13(8)18)14-19-15(21-20-14)10-4-11(16)7-12(17)5-10/h2-7H,18H2,1H3,(H,19,20,21). The Hall–Kier alpha value is -2.76. The van der Waals surface area contributed by atoms with Crippen LogP contribution < -0.4 is 5.73 Å². The number of hydrogen-bond donors (Lipinski definition) is 2. The van der Waals surface area contributed by atoms with E-state index in [1.165, 1.54) is 12.1 Å². The van der Waals surface area contributed by atoms with E-state index in [2.05, 4.69) is 15.2 Å². The molecule has 1 aromatic heterocycles. The molecule has 0 atom stereocenters. The van der Waals surface area contributed by atoms with Crippen LogP contribution in [-0.2, 0) is 0 Å². The predicted molar refractivity (Wildman–Crippen MR) is 76.3 cm³/mol. The van der Waals surface area contributed by atoms with Gasteiger partial charge in [-0.1, -0.05) is 12.1 Å². The minimum Gasteiger partial charge on any atom is -0.398 e. The predicted octanol–water partition coefficient (Wildman–Crippen LogP) is 3.31. The number of nitrogen functional groups attached to an aromatic ring is 1. The van der Waals surface area contributed by atoms with Crippen molar-refractivity contribution in [3.63, 3.8) is 0 Å². The van der Waals surface area contributed by atoms with E-state index in [-0.39, 0.29) is 11.4 Å². The fourth-order valence-electron chi connectivity index (χ4n) is 1.99. The normalized spacial score (nSPS) is 10.8. The van der Waals surface area contributed by atoms with Gasteiger partial charge in [-0.3, -0.25) is 5.10 Å². The molecule has 4 nitrogen and oxygen atoms in total. The van der Waals surface area contributed by atoms with Gasteiger partial charge in [0.05, 0.1) is 0 Å². The summed E-state index contributed by atoms with van der Waals surface area (Å²) in [5.74, 6) is -0.629. The van der Waals surface area contributed by atoms with Crippen LogP contribution in [0.15, 0.2) is 36.4 Å². The fraction of sp³-hybridized carbons (Fsp3) is 0.0667. The van der Waals surface area contributed by atoms with E-state index in [0.717, 1.165) is 17.2 Å². The van der Waals surface area contributed by atoms with Gasteiger partial charge in [-0.15, -0.1) is 0 Å². The summed E-state index contributed by atoms with van der Waals surface area (Å²) in [6.45, 7) is 1.90. The van der Waals surface area contributed by atoms with Gasteiger partial charge in [0.2, 0.25) is 0 Å². The molecule has 0 saturated heterocycles. The van der Waals surface area contributed by atoms with E-state index in [0.29, 0.717) is 11.5 Å². The monoisotopic (exact) mass is 286 g/mol. The van der Waals surface area contributed by atoms with E-state index in [4.69, 9.17) is 5.73 Å². The van der Waals surface area contributed by atoms with Crippen LogP contribution in [-0.4, -0.2) is 15.2 Å². The van der Waals surface area contributed by atoms with Gasteiger partial charge in [0.1, 0.15) is 11.6 Å². The quantitative estimate of drug-likeness (QED) is 0.710. The molecule has 2 aromatic carbocycles. The summed E-state index contributed by atoms with van der Waals surface area (Å²) in [5, 5.41) is 6.73. The number of halogens is 2. The molecule has 0 amide bonds. The molecule has 1 heterocycles. The van der Waals surface area contributed by atoms with Crippen molar-refractivity contribution in [1.82, 2.24) is 15.2 Å². The van der Waals surface area contributed by atoms with Crippen molar-refractivity contribution in [3.8, 4) is 22.8 Å². The lowest BCUT2D eigenvalue weighted by Crippen LogP contribution is -1.90. The van der Waals surface area contributed by atoms with Crippen molar-refractivity contribution in [1.29, 1.82) is 0 Å². The van der Waals surface area contributed by atoms with Gasteiger partial charge in [-0.25, -0.2) is 13.8 Å². The van der Waals surface area contributed by atoms with Gasteiger partial charge in [0, 0.05) is 22.9 Å². The molecule has 0 spiro atoms. The molecular formula is C15H12F2N4. The molecule has 0 aliphatic carbocycles. The first-order chi connectivity index (χ1) is 10.0. The minimum absolute atomic E-state index is 0.225. The lowest BCUT2D eigenvalue weighted by molar-refractivity contribution is 0.584. The smallest absolute Gasteiger partial charge is 0.181 e. The van der Waals surface area contributed by atoms with Crippen molar-refractivity contribution in [2.24, 2.45) is 0 Å². The number of nitrogens with two attached hydrogens (primary N) is 1. The highest BCUT2D eigenvalue weighted by Gasteiger charge is 2.10. The number of aryl methyl sites for hydroxylation is 1. The zero-order valence-corrected chi connectivity index (χ0v) is 11.2. The number of hydrogen-bond acceptors (Lipinski definition) is 3. The number of H-pyrrole nitrogens is 1. The summed E-state index contributed by atoms with van der Waals surface area (Å²) in [4.78, 5) is 4.25. The Labute approximate surface area is 119 Å². The average molecular weight is 286 g/mol. The minimum atomic E-state index is -0.670. The van der Waals surface area contributed by atoms with Crippen molar-refractivity contribution < 1.29 is 8.78 Å². The molecule has 21 heavy (non-hydrogen) atoms. The van der Waals surface area contributed by atoms with Crippen LogP contribution in [0.4, 0.5) is 14.5 Å². The van der Waals surface area contributed by atoms with E-state index in [9.17, 15) is 8.78 Å². The van der Waals surface area contributed by atoms with Crippen molar-refractivity contribution in [2.45, 2.75) is 6.92 Å². The summed E-state index contributed by atoms with van der Waals surface area (Å²) in [6, 6.07) is 8.65. The highest BCUT2D eigenvalue weighted by Crippen LogP contribution is 2.24. The molecular weight excluding hydrogens is 274 g/mol. The van der Waals surface area contributed by atoms with Gasteiger partial charge in [0.15, 0.2) is 11.6 Å². The molecule has 106 valence electrons. The lowest BCUT2D eigenvalue weighted by Gasteiger charge is -2.01. The van der Waals surface area contributed by atoms with Crippen molar-refractivity contribution in [2.75, 3.05) is 5.73 Å². The number of nitrogens with zero attached hydrogens (tertiary/aromatic N) is 2. The Kier molecular flexibility index (Phi) is 3.13. The third-order valence-electron chi connectivity index (χ3n) is 3.16. The number of nitrogens with one attached hydrogen (secondary N) is 1. The van der Waals surface area contributed by atoms with Crippen LogP contribution in [0.1, 0.15) is 5.56 Å². The van der Waals surface area contributed by atoms with Gasteiger partial charge in [-0.2, -0.15) is 5.10 Å². The highest BCUT2D eigenvalue weighted by molar-refractivity contribution is 5.65. The van der Waals surface area contributed by atoms with Gasteiger partial charge >= 0.3 is 0 Å². The van der Waals surface area contributed by atoms with Gasteiger partial charge in [0.25, 0.3) is 0 Å². The van der Waals surface area contributed by atoms with Crippen LogP contribution in [0, 0.1) is 18.6 Å². The maximum Gasteiger partial charge on any atom is 0.181 e. The van der Waals surface area contributed by atoms with Crippen LogP contribution in [0.5, 0.6) is 0 Å². The second-order valence-corrected chi connectivity index (χ2v) is 4.74. The summed E-state index contributed by atoms with van der Waals surface area (Å²) in [7, 11) is 0. The largest absolute Gasteiger partial charge is 0.398 e. The maximum atomic E-state index is 13.2.